The van der Waals surface area contributed by atoms with Gasteiger partial charge in [0, 0.05) is 11.1 Å². The number of benzene rings is 1. The van der Waals surface area contributed by atoms with Crippen LogP contribution in [-0.2, 0) is 0 Å². The molecule has 7 heteroatoms. The van der Waals surface area contributed by atoms with Gasteiger partial charge in [0.25, 0.3) is 0 Å². The molecule has 0 aliphatic heterocycles. The van der Waals surface area contributed by atoms with E-state index in [4.69, 9.17) is 5.11 Å². The van der Waals surface area contributed by atoms with Crippen molar-refractivity contribution >= 4 is 38.9 Å². The monoisotopic (exact) mass is 331 g/mol. The van der Waals surface area contributed by atoms with E-state index in [9.17, 15) is 4.79 Å². The lowest BCUT2D eigenvalue weighted by Gasteiger charge is -1.99. The number of carbonyl (C=O) groups is 1. The Morgan fingerprint density at radius 2 is 1.86 bits per heavy atom. The van der Waals surface area contributed by atoms with Gasteiger partial charge in [-0.25, -0.2) is 14.8 Å². The van der Waals surface area contributed by atoms with Gasteiger partial charge in [-0.3, -0.25) is 0 Å². The van der Waals surface area contributed by atoms with Crippen molar-refractivity contribution in [1.29, 1.82) is 0 Å². The average Bonchev–Trinajstić information content (AvgIpc) is 3.05. The van der Waals surface area contributed by atoms with Crippen molar-refractivity contribution in [3.05, 3.63) is 46.6 Å². The topological polar surface area (TPSA) is 75.1 Å². The molecule has 5 nitrogen and oxygen atoms in total. The fraction of sp³-hybridized carbons (Fsp3) is 0.133. The first-order chi connectivity index (χ1) is 10.5. The summed E-state index contributed by atoms with van der Waals surface area (Å²) in [4.78, 5) is 21.8. The van der Waals surface area contributed by atoms with Crippen LogP contribution >= 0.6 is 22.7 Å². The number of nitrogens with zero attached hydrogens (tertiary/aromatic N) is 2. The van der Waals surface area contributed by atoms with E-state index in [1.165, 1.54) is 11.3 Å². The number of thiazole rings is 2. The van der Waals surface area contributed by atoms with E-state index in [-0.39, 0.29) is 5.56 Å². The minimum absolute atomic E-state index is 0.280. The normalized spacial score (nSPS) is 10.6. The van der Waals surface area contributed by atoms with Crippen molar-refractivity contribution in [1.82, 2.24) is 9.97 Å². The van der Waals surface area contributed by atoms with Gasteiger partial charge in [-0.05, 0) is 31.5 Å². The Bertz CT molecular complexity index is 822. The quantitative estimate of drug-likeness (QED) is 0.744. The van der Waals surface area contributed by atoms with Crippen molar-refractivity contribution in [2.75, 3.05) is 5.32 Å². The highest BCUT2D eigenvalue weighted by atomic mass is 32.1. The Morgan fingerprint density at radius 3 is 2.45 bits per heavy atom. The number of aryl methyl sites for hydroxylation is 2. The first-order valence-electron chi connectivity index (χ1n) is 6.53. The van der Waals surface area contributed by atoms with E-state index in [2.05, 4.69) is 15.3 Å². The summed E-state index contributed by atoms with van der Waals surface area (Å²) in [5.41, 5.74) is 2.15. The molecule has 2 heterocycles. The second-order valence-electron chi connectivity index (χ2n) is 4.72. The predicted molar refractivity (Wildman–Crippen MR) is 89.4 cm³/mol. The summed E-state index contributed by atoms with van der Waals surface area (Å²) in [5.74, 6) is -0.922. The van der Waals surface area contributed by atoms with Crippen LogP contribution in [0.25, 0.3) is 10.4 Å². The van der Waals surface area contributed by atoms with E-state index < -0.39 is 5.97 Å². The molecule has 3 aromatic rings. The van der Waals surface area contributed by atoms with Gasteiger partial charge in [0.2, 0.25) is 0 Å². The van der Waals surface area contributed by atoms with Crippen LogP contribution in [0.2, 0.25) is 0 Å². The summed E-state index contributed by atoms with van der Waals surface area (Å²) < 4.78 is 0. The van der Waals surface area contributed by atoms with Crippen molar-refractivity contribution < 1.29 is 9.90 Å². The van der Waals surface area contributed by atoms with Gasteiger partial charge in [-0.2, -0.15) is 0 Å². The van der Waals surface area contributed by atoms with Crippen LogP contribution in [0.3, 0.4) is 0 Å². The largest absolute Gasteiger partial charge is 0.478 e. The number of aromatic carboxylic acids is 1. The molecule has 0 radical (unpaired) electrons. The SMILES string of the molecule is Cc1cnc(Nc2nc(C)c(-c3ccc(C(=O)O)cc3)s2)s1. The third-order valence-electron chi connectivity index (χ3n) is 3.03. The number of nitrogens with one attached hydrogen (secondary N) is 1. The van der Waals surface area contributed by atoms with Gasteiger partial charge >= 0.3 is 5.97 Å². The second kappa shape index (κ2) is 5.86. The molecule has 0 saturated heterocycles. The van der Waals surface area contributed by atoms with Crippen LogP contribution in [0.15, 0.2) is 30.5 Å². The van der Waals surface area contributed by atoms with Crippen LogP contribution in [0.4, 0.5) is 10.3 Å². The summed E-state index contributed by atoms with van der Waals surface area (Å²) in [6.07, 6.45) is 1.82. The highest BCUT2D eigenvalue weighted by Gasteiger charge is 2.12. The number of hydrogen-bond acceptors (Lipinski definition) is 6. The maximum atomic E-state index is 10.9. The summed E-state index contributed by atoms with van der Waals surface area (Å²) in [5, 5.41) is 13.8. The van der Waals surface area contributed by atoms with Crippen LogP contribution in [0, 0.1) is 13.8 Å². The van der Waals surface area contributed by atoms with Crippen molar-refractivity contribution in [3.63, 3.8) is 0 Å². The zero-order valence-electron chi connectivity index (χ0n) is 12.0. The molecule has 0 aliphatic carbocycles. The molecule has 2 aromatic heterocycles. The number of hydrogen-bond donors (Lipinski definition) is 2. The third kappa shape index (κ3) is 3.00. The maximum absolute atomic E-state index is 10.9. The number of anilines is 2. The Kier molecular flexibility index (Phi) is 3.91. The second-order valence-corrected chi connectivity index (χ2v) is 6.95. The fourth-order valence-corrected chi connectivity index (χ4v) is 3.68. The molecule has 0 bridgehead atoms. The molecule has 3 rings (SSSR count). The molecule has 0 spiro atoms. The molecule has 0 atom stereocenters. The van der Waals surface area contributed by atoms with Crippen molar-refractivity contribution in [2.24, 2.45) is 0 Å². The highest BCUT2D eigenvalue weighted by Crippen LogP contribution is 2.34. The number of aromatic nitrogens is 2. The zero-order chi connectivity index (χ0) is 15.7. The van der Waals surface area contributed by atoms with E-state index in [0.717, 1.165) is 31.3 Å². The van der Waals surface area contributed by atoms with E-state index in [0.29, 0.717) is 0 Å². The molecule has 0 amide bonds. The summed E-state index contributed by atoms with van der Waals surface area (Å²) >= 11 is 3.11. The summed E-state index contributed by atoms with van der Waals surface area (Å²) in [7, 11) is 0. The molecule has 22 heavy (non-hydrogen) atoms. The molecule has 2 N–H and O–H groups in total. The molecular formula is C15H13N3O2S2. The minimum atomic E-state index is -0.922. The molecule has 112 valence electrons. The first-order valence-corrected chi connectivity index (χ1v) is 8.17. The maximum Gasteiger partial charge on any atom is 0.335 e. The van der Waals surface area contributed by atoms with Crippen LogP contribution in [0.1, 0.15) is 20.9 Å². The summed E-state index contributed by atoms with van der Waals surface area (Å²) in [6, 6.07) is 6.82. The van der Waals surface area contributed by atoms with Crippen LogP contribution in [0.5, 0.6) is 0 Å². The number of carboxylic acid groups (broad SMARTS) is 1. The Labute approximate surface area is 135 Å². The Balaban J connectivity index is 1.87. The molecule has 1 aromatic carbocycles. The van der Waals surface area contributed by atoms with Gasteiger partial charge in [0.05, 0.1) is 16.1 Å². The summed E-state index contributed by atoms with van der Waals surface area (Å²) in [6.45, 7) is 3.95. The first kappa shape index (κ1) is 14.7. The highest BCUT2D eigenvalue weighted by molar-refractivity contribution is 7.20. The standard InChI is InChI=1S/C15H13N3O2S2/c1-8-7-16-14(21-8)18-15-17-9(2)12(22-15)10-3-5-11(6-4-10)13(19)20/h3-7H,1-2H3,(H,19,20)(H,16,17,18). The molecule has 0 aliphatic rings. The number of carboxylic acids is 1. The van der Waals surface area contributed by atoms with E-state index in [1.807, 2.05) is 20.0 Å². The van der Waals surface area contributed by atoms with E-state index in [1.54, 1.807) is 35.6 Å². The smallest absolute Gasteiger partial charge is 0.335 e. The lowest BCUT2D eigenvalue weighted by Crippen LogP contribution is -1.94. The van der Waals surface area contributed by atoms with Crippen LogP contribution < -0.4 is 5.32 Å². The lowest BCUT2D eigenvalue weighted by atomic mass is 10.1. The van der Waals surface area contributed by atoms with Gasteiger partial charge in [0.15, 0.2) is 10.3 Å². The van der Waals surface area contributed by atoms with Crippen molar-refractivity contribution in [2.45, 2.75) is 13.8 Å². The number of rotatable bonds is 4. The van der Waals surface area contributed by atoms with E-state index >= 15 is 0 Å². The molecule has 0 saturated carbocycles. The van der Waals surface area contributed by atoms with Gasteiger partial charge in [-0.1, -0.05) is 23.5 Å². The minimum Gasteiger partial charge on any atom is -0.478 e. The predicted octanol–water partition coefficient (Wildman–Crippen LogP) is 4.33. The average molecular weight is 331 g/mol. The molecular weight excluding hydrogens is 318 g/mol. The van der Waals surface area contributed by atoms with Crippen LogP contribution in [-0.4, -0.2) is 21.0 Å². The molecule has 0 unspecified atom stereocenters. The third-order valence-corrected chi connectivity index (χ3v) is 4.98. The van der Waals surface area contributed by atoms with Gasteiger partial charge in [0.1, 0.15) is 0 Å². The zero-order valence-corrected chi connectivity index (χ0v) is 13.6. The van der Waals surface area contributed by atoms with Gasteiger partial charge in [-0.15, -0.1) is 11.3 Å². The van der Waals surface area contributed by atoms with Crippen molar-refractivity contribution in [3.8, 4) is 10.4 Å². The van der Waals surface area contributed by atoms with Gasteiger partial charge < -0.3 is 10.4 Å². The molecule has 0 fully saturated rings. The Morgan fingerprint density at radius 1 is 1.14 bits per heavy atom. The Hall–Kier alpha value is -2.25. The fourth-order valence-electron chi connectivity index (χ4n) is 1.99. The lowest BCUT2D eigenvalue weighted by molar-refractivity contribution is 0.0697.